The molecule has 1 aromatic carbocycles. The number of rotatable bonds is 6. The van der Waals surface area contributed by atoms with Crippen LogP contribution in [0.5, 0.6) is 0 Å². The molecular weight excluding hydrogens is 212 g/mol. The fourth-order valence-electron chi connectivity index (χ4n) is 1.98. The molecule has 0 aromatic heterocycles. The van der Waals surface area contributed by atoms with Crippen LogP contribution in [-0.4, -0.2) is 18.3 Å². The van der Waals surface area contributed by atoms with Gasteiger partial charge >= 0.3 is 0 Å². The minimum absolute atomic E-state index is 0.107. The number of hydrogen-bond donors (Lipinski definition) is 1. The van der Waals surface area contributed by atoms with Crippen molar-refractivity contribution in [2.45, 2.75) is 51.7 Å². The number of aliphatic hydroxyl groups excluding tert-OH is 1. The van der Waals surface area contributed by atoms with Crippen LogP contribution in [0.3, 0.4) is 0 Å². The van der Waals surface area contributed by atoms with Crippen LogP contribution in [0.25, 0.3) is 0 Å². The van der Waals surface area contributed by atoms with Gasteiger partial charge in [0.05, 0.1) is 6.10 Å². The SMILES string of the molecule is CCCC(OC)C(O)c1ccc(C(C)C)cc1. The molecule has 2 heteroatoms. The van der Waals surface area contributed by atoms with E-state index in [9.17, 15) is 5.11 Å². The van der Waals surface area contributed by atoms with Crippen LogP contribution in [0.15, 0.2) is 24.3 Å². The van der Waals surface area contributed by atoms with E-state index < -0.39 is 6.10 Å². The van der Waals surface area contributed by atoms with Crippen LogP contribution in [0.1, 0.15) is 56.8 Å². The van der Waals surface area contributed by atoms with E-state index in [0.29, 0.717) is 5.92 Å². The van der Waals surface area contributed by atoms with E-state index in [1.54, 1.807) is 7.11 Å². The van der Waals surface area contributed by atoms with E-state index in [2.05, 4.69) is 32.9 Å². The quantitative estimate of drug-likeness (QED) is 0.816. The van der Waals surface area contributed by atoms with Crippen molar-refractivity contribution in [3.63, 3.8) is 0 Å². The van der Waals surface area contributed by atoms with Gasteiger partial charge in [-0.1, -0.05) is 51.5 Å². The summed E-state index contributed by atoms with van der Waals surface area (Å²) in [6, 6.07) is 8.17. The molecule has 2 unspecified atom stereocenters. The molecule has 0 aliphatic heterocycles. The van der Waals surface area contributed by atoms with Crippen LogP contribution in [0.4, 0.5) is 0 Å². The average Bonchev–Trinajstić information content (AvgIpc) is 2.35. The zero-order chi connectivity index (χ0) is 12.8. The second-order valence-electron chi connectivity index (χ2n) is 4.83. The largest absolute Gasteiger partial charge is 0.386 e. The Balaban J connectivity index is 2.77. The van der Waals surface area contributed by atoms with Crippen LogP contribution in [0, 0.1) is 0 Å². The van der Waals surface area contributed by atoms with Crippen molar-refractivity contribution in [1.29, 1.82) is 0 Å². The highest BCUT2D eigenvalue weighted by Gasteiger charge is 2.19. The molecule has 17 heavy (non-hydrogen) atoms. The molecule has 0 fully saturated rings. The zero-order valence-electron chi connectivity index (χ0n) is 11.3. The minimum atomic E-state index is -0.527. The van der Waals surface area contributed by atoms with Gasteiger partial charge in [-0.05, 0) is 23.5 Å². The van der Waals surface area contributed by atoms with Gasteiger partial charge in [0.2, 0.25) is 0 Å². The average molecular weight is 236 g/mol. The molecule has 0 saturated heterocycles. The van der Waals surface area contributed by atoms with Gasteiger partial charge in [-0.25, -0.2) is 0 Å². The summed E-state index contributed by atoms with van der Waals surface area (Å²) in [7, 11) is 1.66. The Labute approximate surface area is 105 Å². The predicted octanol–water partition coefficient (Wildman–Crippen LogP) is 3.66. The van der Waals surface area contributed by atoms with Gasteiger partial charge in [0.1, 0.15) is 6.10 Å². The van der Waals surface area contributed by atoms with E-state index in [-0.39, 0.29) is 6.10 Å². The molecule has 0 heterocycles. The summed E-state index contributed by atoms with van der Waals surface area (Å²) in [6.07, 6.45) is 1.26. The van der Waals surface area contributed by atoms with Gasteiger partial charge in [0, 0.05) is 7.11 Å². The summed E-state index contributed by atoms with van der Waals surface area (Å²) in [6.45, 7) is 6.43. The molecule has 0 bridgehead atoms. The Morgan fingerprint density at radius 3 is 2.06 bits per heavy atom. The summed E-state index contributed by atoms with van der Waals surface area (Å²) in [5.41, 5.74) is 2.24. The molecular formula is C15H24O2. The second kappa shape index (κ2) is 6.77. The van der Waals surface area contributed by atoms with Crippen molar-refractivity contribution < 1.29 is 9.84 Å². The second-order valence-corrected chi connectivity index (χ2v) is 4.83. The first-order valence-corrected chi connectivity index (χ1v) is 6.40. The minimum Gasteiger partial charge on any atom is -0.386 e. The van der Waals surface area contributed by atoms with E-state index in [0.717, 1.165) is 18.4 Å². The Morgan fingerprint density at radius 1 is 1.12 bits per heavy atom. The number of ether oxygens (including phenoxy) is 1. The molecule has 1 N–H and O–H groups in total. The lowest BCUT2D eigenvalue weighted by molar-refractivity contribution is -0.0179. The van der Waals surface area contributed by atoms with Crippen molar-refractivity contribution in [3.05, 3.63) is 35.4 Å². The highest BCUT2D eigenvalue weighted by atomic mass is 16.5. The summed E-state index contributed by atoms with van der Waals surface area (Å²) >= 11 is 0. The first-order chi connectivity index (χ1) is 8.10. The molecule has 0 spiro atoms. The maximum atomic E-state index is 10.2. The van der Waals surface area contributed by atoms with Gasteiger partial charge in [0.15, 0.2) is 0 Å². The van der Waals surface area contributed by atoms with Gasteiger partial charge in [0.25, 0.3) is 0 Å². The van der Waals surface area contributed by atoms with Crippen LogP contribution < -0.4 is 0 Å². The maximum absolute atomic E-state index is 10.2. The van der Waals surface area contributed by atoms with Crippen molar-refractivity contribution in [2.24, 2.45) is 0 Å². The monoisotopic (exact) mass is 236 g/mol. The van der Waals surface area contributed by atoms with Gasteiger partial charge in [-0.3, -0.25) is 0 Å². The third-order valence-electron chi connectivity index (χ3n) is 3.17. The first-order valence-electron chi connectivity index (χ1n) is 6.40. The lowest BCUT2D eigenvalue weighted by Crippen LogP contribution is -2.20. The van der Waals surface area contributed by atoms with E-state index in [1.807, 2.05) is 12.1 Å². The molecule has 0 aliphatic rings. The molecule has 1 rings (SSSR count). The predicted molar refractivity (Wildman–Crippen MR) is 71.2 cm³/mol. The Hall–Kier alpha value is -0.860. The van der Waals surface area contributed by atoms with Gasteiger partial charge in [-0.2, -0.15) is 0 Å². The van der Waals surface area contributed by atoms with Crippen LogP contribution in [0.2, 0.25) is 0 Å². The molecule has 96 valence electrons. The Bertz CT molecular complexity index is 316. The standard InChI is InChI=1S/C15H24O2/c1-5-6-14(17-4)15(16)13-9-7-12(8-10-13)11(2)3/h7-11,14-16H,5-6H2,1-4H3. The van der Waals surface area contributed by atoms with Crippen molar-refractivity contribution in [1.82, 2.24) is 0 Å². The molecule has 2 nitrogen and oxygen atoms in total. The van der Waals surface area contributed by atoms with Crippen molar-refractivity contribution in [2.75, 3.05) is 7.11 Å². The topological polar surface area (TPSA) is 29.5 Å². The van der Waals surface area contributed by atoms with Crippen molar-refractivity contribution in [3.8, 4) is 0 Å². The summed E-state index contributed by atoms with van der Waals surface area (Å²) in [5.74, 6) is 0.523. The summed E-state index contributed by atoms with van der Waals surface area (Å²) < 4.78 is 5.33. The van der Waals surface area contributed by atoms with Crippen molar-refractivity contribution >= 4 is 0 Å². The number of benzene rings is 1. The van der Waals surface area contributed by atoms with E-state index in [4.69, 9.17) is 4.74 Å². The number of methoxy groups -OCH3 is 1. The Kier molecular flexibility index (Phi) is 5.66. The summed E-state index contributed by atoms with van der Waals surface area (Å²) in [4.78, 5) is 0. The van der Waals surface area contributed by atoms with Gasteiger partial charge < -0.3 is 9.84 Å². The third kappa shape index (κ3) is 3.83. The fraction of sp³-hybridized carbons (Fsp3) is 0.600. The lowest BCUT2D eigenvalue weighted by Gasteiger charge is -2.21. The summed E-state index contributed by atoms with van der Waals surface area (Å²) in [5, 5.41) is 10.2. The van der Waals surface area contributed by atoms with E-state index >= 15 is 0 Å². The molecule has 0 aliphatic carbocycles. The zero-order valence-corrected chi connectivity index (χ0v) is 11.3. The molecule has 0 amide bonds. The fourth-order valence-corrected chi connectivity index (χ4v) is 1.98. The molecule has 2 atom stereocenters. The Morgan fingerprint density at radius 2 is 1.65 bits per heavy atom. The smallest absolute Gasteiger partial charge is 0.105 e. The molecule has 1 aromatic rings. The van der Waals surface area contributed by atoms with Crippen LogP contribution >= 0.6 is 0 Å². The number of aliphatic hydroxyl groups is 1. The van der Waals surface area contributed by atoms with E-state index in [1.165, 1.54) is 5.56 Å². The lowest BCUT2D eigenvalue weighted by atomic mass is 9.97. The number of hydrogen-bond acceptors (Lipinski definition) is 2. The highest BCUT2D eigenvalue weighted by molar-refractivity contribution is 5.26. The van der Waals surface area contributed by atoms with Gasteiger partial charge in [-0.15, -0.1) is 0 Å². The highest BCUT2D eigenvalue weighted by Crippen LogP contribution is 2.24. The van der Waals surface area contributed by atoms with Crippen LogP contribution in [-0.2, 0) is 4.74 Å². The molecule has 0 saturated carbocycles. The normalized spacial score (nSPS) is 14.9. The first kappa shape index (κ1) is 14.2. The molecule has 0 radical (unpaired) electrons. The maximum Gasteiger partial charge on any atom is 0.105 e. The third-order valence-corrected chi connectivity index (χ3v) is 3.17.